The minimum absolute atomic E-state index is 0.180. The van der Waals surface area contributed by atoms with Crippen LogP contribution in [0.15, 0.2) is 47.2 Å². The molecule has 0 aliphatic carbocycles. The fourth-order valence-corrected chi connectivity index (χ4v) is 2.50. The van der Waals surface area contributed by atoms with Crippen molar-refractivity contribution in [3.63, 3.8) is 0 Å². The quantitative estimate of drug-likeness (QED) is 0.779. The number of benzene rings is 1. The molecular weight excluding hydrogens is 327 g/mol. The van der Waals surface area contributed by atoms with Gasteiger partial charge < -0.3 is 9.51 Å². The molecule has 0 radical (unpaired) electrons. The molecule has 2 aromatic heterocycles. The van der Waals surface area contributed by atoms with Crippen LogP contribution in [0.2, 0.25) is 0 Å². The van der Waals surface area contributed by atoms with Gasteiger partial charge in [0.25, 0.3) is 0 Å². The average Bonchev–Trinajstić information content (AvgIpc) is 2.80. The van der Waals surface area contributed by atoms with E-state index in [1.54, 1.807) is 22.7 Å². The van der Waals surface area contributed by atoms with E-state index < -0.39 is 5.97 Å². The molecule has 4 nitrogen and oxygen atoms in total. The summed E-state index contributed by atoms with van der Waals surface area (Å²) in [6.45, 7) is 0. The van der Waals surface area contributed by atoms with Crippen LogP contribution in [0.3, 0.4) is 0 Å². The molecule has 0 bridgehead atoms. The predicted octanol–water partition coefficient (Wildman–Crippen LogP) is 3.60. The molecule has 2 heterocycles. The third-order valence-corrected chi connectivity index (χ3v) is 3.56. The van der Waals surface area contributed by atoms with Gasteiger partial charge in [-0.3, -0.25) is 0 Å². The van der Waals surface area contributed by atoms with Crippen LogP contribution in [-0.2, 0) is 0 Å². The number of aromatic nitrogens is 2. The Labute approximate surface area is 121 Å². The molecule has 0 saturated heterocycles. The van der Waals surface area contributed by atoms with Crippen LogP contribution in [-0.4, -0.2) is 20.5 Å². The number of fused-ring (bicyclic) bond motifs is 1. The summed E-state index contributed by atoms with van der Waals surface area (Å²) in [6.07, 6.45) is 3.20. The Bertz CT molecular complexity index is 829. The average molecular weight is 335 g/mol. The Morgan fingerprint density at radius 3 is 2.75 bits per heavy atom. The molecule has 0 spiro atoms. The van der Waals surface area contributed by atoms with Crippen molar-refractivity contribution in [2.45, 2.75) is 0 Å². The second kappa shape index (κ2) is 4.72. The fourth-order valence-electron chi connectivity index (χ4n) is 1.95. The maximum absolute atomic E-state index is 13.1. The molecule has 0 saturated carbocycles. The van der Waals surface area contributed by atoms with Crippen LogP contribution in [0.5, 0.6) is 0 Å². The standard InChI is InChI=1S/C14H8BrFN2O2/c15-11-5-9(16)2-3-10(11)12-7-18-6-8(14(19)20)1-4-13(18)17-12/h1-7H,(H,19,20). The van der Waals surface area contributed by atoms with Crippen molar-refractivity contribution >= 4 is 27.5 Å². The van der Waals surface area contributed by atoms with Crippen LogP contribution < -0.4 is 0 Å². The van der Waals surface area contributed by atoms with Crippen molar-refractivity contribution in [2.75, 3.05) is 0 Å². The Morgan fingerprint density at radius 1 is 1.25 bits per heavy atom. The summed E-state index contributed by atoms with van der Waals surface area (Å²) in [4.78, 5) is 15.3. The lowest BCUT2D eigenvalue weighted by Crippen LogP contribution is -1.97. The van der Waals surface area contributed by atoms with E-state index in [-0.39, 0.29) is 11.4 Å². The highest BCUT2D eigenvalue weighted by molar-refractivity contribution is 9.10. The number of hydrogen-bond donors (Lipinski definition) is 1. The van der Waals surface area contributed by atoms with E-state index in [1.807, 2.05) is 0 Å². The van der Waals surface area contributed by atoms with E-state index in [0.717, 1.165) is 5.56 Å². The van der Waals surface area contributed by atoms with Gasteiger partial charge in [-0.25, -0.2) is 14.2 Å². The molecule has 0 unspecified atom stereocenters. The number of hydrogen-bond acceptors (Lipinski definition) is 2. The Balaban J connectivity index is 2.15. The second-order valence-electron chi connectivity index (χ2n) is 4.24. The molecular formula is C14H8BrFN2O2. The first-order valence-corrected chi connectivity index (χ1v) is 6.51. The van der Waals surface area contributed by atoms with Crippen LogP contribution in [0.1, 0.15) is 10.4 Å². The van der Waals surface area contributed by atoms with Gasteiger partial charge in [0.1, 0.15) is 11.5 Å². The largest absolute Gasteiger partial charge is 0.478 e. The van der Waals surface area contributed by atoms with Crippen LogP contribution in [0, 0.1) is 5.82 Å². The Hall–Kier alpha value is -2.21. The molecule has 1 aromatic carbocycles. The van der Waals surface area contributed by atoms with Gasteiger partial charge in [-0.15, -0.1) is 0 Å². The summed E-state index contributed by atoms with van der Waals surface area (Å²) in [6, 6.07) is 7.46. The highest BCUT2D eigenvalue weighted by Crippen LogP contribution is 2.28. The summed E-state index contributed by atoms with van der Waals surface area (Å²) in [5, 5.41) is 8.96. The first kappa shape index (κ1) is 12.8. The summed E-state index contributed by atoms with van der Waals surface area (Å²) >= 11 is 3.30. The van der Waals surface area contributed by atoms with Crippen LogP contribution in [0.4, 0.5) is 4.39 Å². The number of halogens is 2. The van der Waals surface area contributed by atoms with Gasteiger partial charge in [-0.2, -0.15) is 0 Å². The number of nitrogens with zero attached hydrogens (tertiary/aromatic N) is 2. The van der Waals surface area contributed by atoms with Crippen molar-refractivity contribution < 1.29 is 14.3 Å². The number of carboxylic acid groups (broad SMARTS) is 1. The highest BCUT2D eigenvalue weighted by atomic mass is 79.9. The third kappa shape index (κ3) is 2.18. The van der Waals surface area contributed by atoms with E-state index in [4.69, 9.17) is 5.11 Å². The SMILES string of the molecule is O=C(O)c1ccc2nc(-c3ccc(F)cc3Br)cn2c1. The smallest absolute Gasteiger partial charge is 0.337 e. The molecule has 0 fully saturated rings. The van der Waals surface area contributed by atoms with Gasteiger partial charge >= 0.3 is 5.97 Å². The van der Waals surface area contributed by atoms with Gasteiger partial charge in [0.15, 0.2) is 0 Å². The van der Waals surface area contributed by atoms with E-state index in [0.29, 0.717) is 15.8 Å². The zero-order valence-electron chi connectivity index (χ0n) is 10.0. The molecule has 20 heavy (non-hydrogen) atoms. The molecule has 3 rings (SSSR count). The predicted molar refractivity (Wildman–Crippen MR) is 75.2 cm³/mol. The molecule has 0 amide bonds. The van der Waals surface area contributed by atoms with Crippen LogP contribution >= 0.6 is 15.9 Å². The van der Waals surface area contributed by atoms with Gasteiger partial charge in [0.2, 0.25) is 0 Å². The molecule has 0 aliphatic heterocycles. The van der Waals surface area contributed by atoms with E-state index >= 15 is 0 Å². The Morgan fingerprint density at radius 2 is 2.05 bits per heavy atom. The first-order chi connectivity index (χ1) is 9.54. The highest BCUT2D eigenvalue weighted by Gasteiger charge is 2.10. The van der Waals surface area contributed by atoms with Gasteiger partial charge in [-0.1, -0.05) is 0 Å². The van der Waals surface area contributed by atoms with Gasteiger partial charge in [0, 0.05) is 22.4 Å². The van der Waals surface area contributed by atoms with Crippen molar-refractivity contribution in [3.05, 3.63) is 58.6 Å². The zero-order valence-corrected chi connectivity index (χ0v) is 11.6. The lowest BCUT2D eigenvalue weighted by Gasteiger charge is -1.99. The summed E-state index contributed by atoms with van der Waals surface area (Å²) < 4.78 is 15.3. The van der Waals surface area contributed by atoms with Crippen molar-refractivity contribution in [1.82, 2.24) is 9.38 Å². The monoisotopic (exact) mass is 334 g/mol. The maximum Gasteiger partial charge on any atom is 0.337 e. The molecule has 0 aliphatic rings. The van der Waals surface area contributed by atoms with Gasteiger partial charge in [0.05, 0.1) is 11.3 Å². The number of pyridine rings is 1. The summed E-state index contributed by atoms with van der Waals surface area (Å²) in [5.74, 6) is -1.33. The lowest BCUT2D eigenvalue weighted by molar-refractivity contribution is 0.0696. The molecule has 100 valence electrons. The van der Waals surface area contributed by atoms with Crippen molar-refractivity contribution in [3.8, 4) is 11.3 Å². The second-order valence-corrected chi connectivity index (χ2v) is 5.09. The van der Waals surface area contributed by atoms with E-state index in [2.05, 4.69) is 20.9 Å². The molecule has 6 heteroatoms. The van der Waals surface area contributed by atoms with Gasteiger partial charge in [-0.05, 0) is 46.3 Å². The topological polar surface area (TPSA) is 54.6 Å². The Kier molecular flexibility index (Phi) is 3.02. The van der Waals surface area contributed by atoms with Crippen molar-refractivity contribution in [1.29, 1.82) is 0 Å². The van der Waals surface area contributed by atoms with Crippen LogP contribution in [0.25, 0.3) is 16.9 Å². The minimum Gasteiger partial charge on any atom is -0.478 e. The fraction of sp³-hybridized carbons (Fsp3) is 0. The summed E-state index contributed by atoms with van der Waals surface area (Å²) in [5.41, 5.74) is 2.19. The number of carboxylic acids is 1. The normalized spacial score (nSPS) is 10.9. The van der Waals surface area contributed by atoms with Crippen molar-refractivity contribution in [2.24, 2.45) is 0 Å². The first-order valence-electron chi connectivity index (χ1n) is 5.72. The van der Waals surface area contributed by atoms with E-state index in [9.17, 15) is 9.18 Å². The summed E-state index contributed by atoms with van der Waals surface area (Å²) in [7, 11) is 0. The molecule has 1 N–H and O–H groups in total. The number of carbonyl (C=O) groups is 1. The third-order valence-electron chi connectivity index (χ3n) is 2.91. The maximum atomic E-state index is 13.1. The number of aromatic carboxylic acids is 1. The zero-order chi connectivity index (χ0) is 14.3. The molecule has 3 aromatic rings. The van der Waals surface area contributed by atoms with E-state index in [1.165, 1.54) is 24.4 Å². The minimum atomic E-state index is -0.995. The lowest BCUT2D eigenvalue weighted by atomic mass is 10.2. The number of rotatable bonds is 2. The number of imidazole rings is 1. The molecule has 0 atom stereocenters.